The van der Waals surface area contributed by atoms with Crippen LogP contribution in [0.5, 0.6) is 0 Å². The second-order valence-electron chi connectivity index (χ2n) is 3.66. The number of hydrogen-bond donors (Lipinski definition) is 0. The van der Waals surface area contributed by atoms with Crippen molar-refractivity contribution >= 4 is 28.4 Å². The van der Waals surface area contributed by atoms with Crippen molar-refractivity contribution in [3.05, 3.63) is 0 Å². The van der Waals surface area contributed by atoms with Crippen molar-refractivity contribution in [1.29, 1.82) is 0 Å². The Morgan fingerprint density at radius 3 is 2.25 bits per heavy atom. The summed E-state index contributed by atoms with van der Waals surface area (Å²) in [5.74, 6) is 2.29. The van der Waals surface area contributed by atoms with E-state index in [0.29, 0.717) is 16.2 Å². The van der Waals surface area contributed by atoms with Gasteiger partial charge in [-0.2, -0.15) is 0 Å². The van der Waals surface area contributed by atoms with Crippen LogP contribution >= 0.6 is 24.0 Å². The van der Waals surface area contributed by atoms with Crippen molar-refractivity contribution in [3.63, 3.8) is 0 Å². The van der Waals surface area contributed by atoms with E-state index in [1.165, 1.54) is 0 Å². The van der Waals surface area contributed by atoms with E-state index < -0.39 is 0 Å². The normalized spacial score (nSPS) is 10.8. The van der Waals surface area contributed by atoms with E-state index in [2.05, 4.69) is 27.7 Å². The Balaban J connectivity index is 3.34. The molecule has 72 valence electrons. The fourth-order valence-corrected chi connectivity index (χ4v) is 1.40. The lowest BCUT2D eigenvalue weighted by atomic mass is 10.2. The Morgan fingerprint density at radius 1 is 1.25 bits per heavy atom. The highest BCUT2D eigenvalue weighted by molar-refractivity contribution is 8.22. The minimum Gasteiger partial charge on any atom is -0.478 e. The van der Waals surface area contributed by atoms with Crippen LogP contribution in [0.1, 0.15) is 27.7 Å². The number of rotatable bonds is 4. The average molecular weight is 206 g/mol. The van der Waals surface area contributed by atoms with E-state index in [-0.39, 0.29) is 0 Å². The third-order valence-electron chi connectivity index (χ3n) is 1.07. The van der Waals surface area contributed by atoms with Gasteiger partial charge in [0.1, 0.15) is 0 Å². The molecule has 0 heterocycles. The molecule has 0 aliphatic heterocycles. The largest absolute Gasteiger partial charge is 0.478 e. The van der Waals surface area contributed by atoms with Gasteiger partial charge in [-0.05, 0) is 24.1 Å². The summed E-state index contributed by atoms with van der Waals surface area (Å²) >= 11 is 6.67. The van der Waals surface area contributed by atoms with Crippen molar-refractivity contribution in [2.45, 2.75) is 27.7 Å². The van der Waals surface area contributed by atoms with Crippen molar-refractivity contribution in [1.82, 2.24) is 0 Å². The summed E-state index contributed by atoms with van der Waals surface area (Å²) < 4.78 is 6.04. The first kappa shape index (κ1) is 12.2. The molecule has 0 unspecified atom stereocenters. The molecular formula is C9H18OS2. The molecule has 12 heavy (non-hydrogen) atoms. The Morgan fingerprint density at radius 2 is 1.83 bits per heavy atom. The molecule has 3 heteroatoms. The molecule has 0 aliphatic rings. The maximum atomic E-state index is 5.35. The van der Waals surface area contributed by atoms with Crippen LogP contribution in [-0.2, 0) is 4.74 Å². The van der Waals surface area contributed by atoms with Gasteiger partial charge in [0.05, 0.1) is 6.61 Å². The summed E-state index contributed by atoms with van der Waals surface area (Å²) in [6.45, 7) is 9.34. The molecule has 0 bridgehead atoms. The van der Waals surface area contributed by atoms with Gasteiger partial charge in [0.15, 0.2) is 0 Å². The van der Waals surface area contributed by atoms with Crippen LogP contribution in [0.4, 0.5) is 0 Å². The number of thioether (sulfide) groups is 1. The first-order chi connectivity index (χ1) is 5.52. The summed E-state index contributed by atoms with van der Waals surface area (Å²) in [6, 6.07) is 0. The fraction of sp³-hybridized carbons (Fsp3) is 0.889. The minimum absolute atomic E-state index is 0.558. The van der Waals surface area contributed by atoms with E-state index in [4.69, 9.17) is 17.0 Å². The van der Waals surface area contributed by atoms with Crippen LogP contribution in [0.25, 0.3) is 0 Å². The predicted molar refractivity (Wildman–Crippen MR) is 60.7 cm³/mol. The minimum atomic E-state index is 0.558. The van der Waals surface area contributed by atoms with Gasteiger partial charge in [-0.3, -0.25) is 0 Å². The lowest BCUT2D eigenvalue weighted by Gasteiger charge is -2.09. The summed E-state index contributed by atoms with van der Waals surface area (Å²) in [5, 5.41) is 0. The third kappa shape index (κ3) is 8.34. The van der Waals surface area contributed by atoms with Crippen molar-refractivity contribution < 1.29 is 4.74 Å². The molecule has 0 aromatic rings. The molecule has 0 radical (unpaired) electrons. The topological polar surface area (TPSA) is 9.23 Å². The summed E-state index contributed by atoms with van der Waals surface area (Å²) in [7, 11) is 0. The van der Waals surface area contributed by atoms with E-state index in [1.807, 2.05) is 0 Å². The maximum absolute atomic E-state index is 5.35. The lowest BCUT2D eigenvalue weighted by molar-refractivity contribution is 0.273. The van der Waals surface area contributed by atoms with Gasteiger partial charge in [0.25, 0.3) is 0 Å². The maximum Gasteiger partial charge on any atom is 0.219 e. The molecule has 0 rings (SSSR count). The zero-order chi connectivity index (χ0) is 9.56. The van der Waals surface area contributed by atoms with Gasteiger partial charge in [-0.25, -0.2) is 0 Å². The van der Waals surface area contributed by atoms with Gasteiger partial charge >= 0.3 is 0 Å². The molecule has 0 aliphatic carbocycles. The van der Waals surface area contributed by atoms with Crippen molar-refractivity contribution in [2.24, 2.45) is 11.8 Å². The van der Waals surface area contributed by atoms with Gasteiger partial charge in [-0.15, -0.1) is 0 Å². The van der Waals surface area contributed by atoms with Crippen LogP contribution in [0, 0.1) is 11.8 Å². The smallest absolute Gasteiger partial charge is 0.219 e. The fourth-order valence-electron chi connectivity index (χ4n) is 0.511. The highest BCUT2D eigenvalue weighted by Gasteiger charge is 2.02. The van der Waals surface area contributed by atoms with Crippen LogP contribution in [0.15, 0.2) is 0 Å². The first-order valence-corrected chi connectivity index (χ1v) is 5.71. The number of ether oxygens (including phenoxy) is 1. The number of thiocarbonyl (C=S) groups is 1. The zero-order valence-corrected chi connectivity index (χ0v) is 9.93. The predicted octanol–water partition coefficient (Wildman–Crippen LogP) is 3.33. The molecular weight excluding hydrogens is 188 g/mol. The molecule has 1 nitrogen and oxygen atoms in total. The quantitative estimate of drug-likeness (QED) is 0.653. The highest BCUT2D eigenvalue weighted by atomic mass is 32.2. The van der Waals surface area contributed by atoms with E-state index >= 15 is 0 Å². The Labute approximate surface area is 85.3 Å². The molecule has 0 amide bonds. The van der Waals surface area contributed by atoms with Gasteiger partial charge in [0, 0.05) is 5.75 Å². The van der Waals surface area contributed by atoms with Gasteiger partial charge in [-0.1, -0.05) is 39.5 Å². The summed E-state index contributed by atoms with van der Waals surface area (Å²) in [4.78, 5) is 0. The lowest BCUT2D eigenvalue weighted by Crippen LogP contribution is -2.06. The monoisotopic (exact) mass is 206 g/mol. The Bertz CT molecular complexity index is 118. The van der Waals surface area contributed by atoms with Crippen molar-refractivity contribution in [3.8, 4) is 0 Å². The van der Waals surface area contributed by atoms with E-state index in [1.54, 1.807) is 11.8 Å². The molecule has 0 aromatic carbocycles. The van der Waals surface area contributed by atoms with Gasteiger partial charge in [0.2, 0.25) is 4.38 Å². The van der Waals surface area contributed by atoms with E-state index in [9.17, 15) is 0 Å². The van der Waals surface area contributed by atoms with Crippen LogP contribution in [0.2, 0.25) is 0 Å². The SMILES string of the molecule is CC(C)COC(=S)SCC(C)C. The highest BCUT2D eigenvalue weighted by Crippen LogP contribution is 2.11. The molecule has 0 atom stereocenters. The van der Waals surface area contributed by atoms with E-state index in [0.717, 1.165) is 12.4 Å². The molecule has 0 N–H and O–H groups in total. The van der Waals surface area contributed by atoms with Crippen LogP contribution in [-0.4, -0.2) is 16.7 Å². The second-order valence-corrected chi connectivity index (χ2v) is 5.28. The summed E-state index contributed by atoms with van der Waals surface area (Å²) in [6.07, 6.45) is 0. The first-order valence-electron chi connectivity index (χ1n) is 4.32. The average Bonchev–Trinajstić information content (AvgIpc) is 1.96. The molecule has 0 spiro atoms. The van der Waals surface area contributed by atoms with Crippen LogP contribution in [0.3, 0.4) is 0 Å². The Kier molecular flexibility index (Phi) is 6.86. The number of hydrogen-bond acceptors (Lipinski definition) is 3. The second kappa shape index (κ2) is 6.72. The van der Waals surface area contributed by atoms with Crippen LogP contribution < -0.4 is 0 Å². The standard InChI is InChI=1S/C9H18OS2/c1-7(2)5-10-9(11)12-6-8(3)4/h7-8H,5-6H2,1-4H3. The molecule has 0 aromatic heterocycles. The van der Waals surface area contributed by atoms with Crippen molar-refractivity contribution in [2.75, 3.05) is 12.4 Å². The summed E-state index contributed by atoms with van der Waals surface area (Å²) in [5.41, 5.74) is 0. The van der Waals surface area contributed by atoms with Gasteiger partial charge < -0.3 is 4.74 Å². The molecule has 0 fully saturated rings. The third-order valence-corrected chi connectivity index (χ3v) is 2.73. The zero-order valence-electron chi connectivity index (χ0n) is 8.29. The molecule has 0 saturated carbocycles. The molecule has 0 saturated heterocycles. The Hall–Kier alpha value is 0.240.